The van der Waals surface area contributed by atoms with Gasteiger partial charge in [-0.05, 0) is 25.7 Å². The Morgan fingerprint density at radius 3 is 1.33 bits per heavy atom. The van der Waals surface area contributed by atoms with E-state index in [4.69, 9.17) is 0 Å². The van der Waals surface area contributed by atoms with Gasteiger partial charge in [-0.15, -0.1) is 0 Å². The lowest BCUT2D eigenvalue weighted by molar-refractivity contribution is 0.611. The van der Waals surface area contributed by atoms with Gasteiger partial charge in [0, 0.05) is 6.42 Å². The second-order valence-corrected chi connectivity index (χ2v) is 6.08. The first-order chi connectivity index (χ1) is 10.4. The third-order valence-electron chi connectivity index (χ3n) is 3.88. The zero-order valence-corrected chi connectivity index (χ0v) is 14.7. The van der Waals surface area contributed by atoms with Crippen molar-refractivity contribution in [3.63, 3.8) is 0 Å². The number of hydrogen-bond acceptors (Lipinski definition) is 0. The summed E-state index contributed by atoms with van der Waals surface area (Å²) in [7, 11) is 0. The van der Waals surface area contributed by atoms with Crippen LogP contribution in [0.25, 0.3) is 0 Å². The second-order valence-electron chi connectivity index (χ2n) is 6.08. The van der Waals surface area contributed by atoms with Crippen molar-refractivity contribution in [3.05, 3.63) is 30.7 Å². The molecule has 0 N–H and O–H groups in total. The maximum absolute atomic E-state index is 3.25. The molecule has 0 atom stereocenters. The molecule has 0 bridgehead atoms. The van der Waals surface area contributed by atoms with Gasteiger partial charge >= 0.3 is 0 Å². The summed E-state index contributed by atoms with van der Waals surface area (Å²) in [6.45, 7) is 4.54. The van der Waals surface area contributed by atoms with E-state index in [1.807, 2.05) is 0 Å². The molecule has 0 heteroatoms. The number of allylic oxidation sites excluding steroid dienone is 4. The topological polar surface area (TPSA) is 0 Å². The Morgan fingerprint density at radius 1 is 0.524 bits per heavy atom. The van der Waals surface area contributed by atoms with Crippen molar-refractivity contribution < 1.29 is 0 Å². The van der Waals surface area contributed by atoms with Crippen LogP contribution in [0.3, 0.4) is 0 Å². The summed E-state index contributed by atoms with van der Waals surface area (Å²) in [5.41, 5.74) is 0. The molecule has 0 nitrogen and oxygen atoms in total. The van der Waals surface area contributed by atoms with E-state index in [9.17, 15) is 0 Å². The van der Waals surface area contributed by atoms with Gasteiger partial charge in [-0.3, -0.25) is 0 Å². The van der Waals surface area contributed by atoms with Crippen molar-refractivity contribution in [2.24, 2.45) is 0 Å². The molecule has 0 unspecified atom stereocenters. The summed E-state index contributed by atoms with van der Waals surface area (Å²) in [6.07, 6.45) is 31.0. The highest BCUT2D eigenvalue weighted by Crippen LogP contribution is 2.08. The molecule has 0 aromatic carbocycles. The molecule has 0 amide bonds. The van der Waals surface area contributed by atoms with Gasteiger partial charge in [0.05, 0.1) is 0 Å². The van der Waals surface area contributed by atoms with Gasteiger partial charge in [0.25, 0.3) is 0 Å². The minimum absolute atomic E-state index is 1.21. The average Bonchev–Trinajstić information content (AvgIpc) is 2.50. The lowest BCUT2D eigenvalue weighted by atomic mass is 10.1. The van der Waals surface area contributed by atoms with Crippen molar-refractivity contribution >= 4 is 0 Å². The van der Waals surface area contributed by atoms with E-state index in [1.165, 1.54) is 89.9 Å². The highest BCUT2D eigenvalue weighted by atomic mass is 13.9. The molecular formula is C21H38. The summed E-state index contributed by atoms with van der Waals surface area (Å²) in [4.78, 5) is 0. The highest BCUT2D eigenvalue weighted by Gasteiger charge is 1.89. The van der Waals surface area contributed by atoms with E-state index in [0.717, 1.165) is 0 Å². The van der Waals surface area contributed by atoms with E-state index in [1.54, 1.807) is 0 Å². The first-order valence-electron chi connectivity index (χ1n) is 9.47. The SMILES string of the molecule is CCCCCCCCC=C[C]C=CCCCCCCCC. The van der Waals surface area contributed by atoms with Crippen molar-refractivity contribution in [3.8, 4) is 0 Å². The van der Waals surface area contributed by atoms with Crippen molar-refractivity contribution in [1.29, 1.82) is 0 Å². The molecule has 0 aliphatic rings. The van der Waals surface area contributed by atoms with Crippen LogP contribution in [-0.2, 0) is 0 Å². The first-order valence-corrected chi connectivity index (χ1v) is 9.47. The van der Waals surface area contributed by atoms with Crippen LogP contribution in [0.15, 0.2) is 24.3 Å². The predicted molar refractivity (Wildman–Crippen MR) is 97.5 cm³/mol. The summed E-state index contributed by atoms with van der Waals surface area (Å²) in [5, 5.41) is 0. The minimum atomic E-state index is 1.21. The lowest BCUT2D eigenvalue weighted by Gasteiger charge is -1.97. The van der Waals surface area contributed by atoms with Gasteiger partial charge in [-0.25, -0.2) is 0 Å². The van der Waals surface area contributed by atoms with E-state index >= 15 is 0 Å². The maximum Gasteiger partial charge on any atom is 0.0337 e. The normalized spacial score (nSPS) is 11.9. The molecule has 0 saturated heterocycles. The molecule has 0 saturated carbocycles. The van der Waals surface area contributed by atoms with Gasteiger partial charge < -0.3 is 0 Å². The smallest absolute Gasteiger partial charge is 0.0337 e. The van der Waals surface area contributed by atoms with Crippen LogP contribution in [0.5, 0.6) is 0 Å². The number of unbranched alkanes of at least 4 members (excludes halogenated alkanes) is 12. The molecule has 0 aliphatic carbocycles. The van der Waals surface area contributed by atoms with E-state index in [0.29, 0.717) is 0 Å². The van der Waals surface area contributed by atoms with Crippen LogP contribution in [0.1, 0.15) is 104 Å². The third-order valence-corrected chi connectivity index (χ3v) is 3.88. The minimum Gasteiger partial charge on any atom is -0.0876 e. The maximum atomic E-state index is 3.25. The molecule has 0 aromatic rings. The Morgan fingerprint density at radius 2 is 0.905 bits per heavy atom. The number of rotatable bonds is 16. The van der Waals surface area contributed by atoms with Crippen LogP contribution in [0.2, 0.25) is 0 Å². The van der Waals surface area contributed by atoms with Crippen LogP contribution in [0, 0.1) is 6.42 Å². The molecule has 0 aliphatic heterocycles. The van der Waals surface area contributed by atoms with E-state index in [-0.39, 0.29) is 0 Å². The third kappa shape index (κ3) is 19.5. The van der Waals surface area contributed by atoms with Gasteiger partial charge in [-0.2, -0.15) is 0 Å². The zero-order valence-electron chi connectivity index (χ0n) is 14.7. The fraction of sp³-hybridized carbons (Fsp3) is 0.762. The molecule has 0 rings (SSSR count). The van der Waals surface area contributed by atoms with Crippen molar-refractivity contribution in [2.45, 2.75) is 104 Å². The molecule has 2 radical (unpaired) electrons. The quantitative estimate of drug-likeness (QED) is 0.256. The highest BCUT2D eigenvalue weighted by molar-refractivity contribution is 5.08. The van der Waals surface area contributed by atoms with Crippen LogP contribution in [0.4, 0.5) is 0 Å². The summed E-state index contributed by atoms with van der Waals surface area (Å²) < 4.78 is 0. The van der Waals surface area contributed by atoms with Gasteiger partial charge in [0.2, 0.25) is 0 Å². The molecule has 0 aromatic heterocycles. The molecule has 122 valence electrons. The fourth-order valence-electron chi connectivity index (χ4n) is 2.44. The summed E-state index contributed by atoms with van der Waals surface area (Å²) in [6, 6.07) is 0. The van der Waals surface area contributed by atoms with Gasteiger partial charge in [0.15, 0.2) is 0 Å². The van der Waals surface area contributed by atoms with Gasteiger partial charge in [0.1, 0.15) is 0 Å². The lowest BCUT2D eigenvalue weighted by Crippen LogP contribution is -1.78. The molecule has 0 heterocycles. The zero-order chi connectivity index (χ0) is 15.4. The van der Waals surface area contributed by atoms with E-state index < -0.39 is 0 Å². The van der Waals surface area contributed by atoms with E-state index in [2.05, 4.69) is 44.6 Å². The molecule has 0 spiro atoms. The predicted octanol–water partition coefficient (Wildman–Crippen LogP) is 7.68. The van der Waals surface area contributed by atoms with Gasteiger partial charge in [-0.1, -0.05) is 102 Å². The number of hydrogen-bond donors (Lipinski definition) is 0. The molecule has 21 heavy (non-hydrogen) atoms. The summed E-state index contributed by atoms with van der Waals surface area (Å²) >= 11 is 0. The Bertz CT molecular complexity index is 200. The first kappa shape index (κ1) is 20.5. The Labute approximate surface area is 135 Å². The van der Waals surface area contributed by atoms with Crippen molar-refractivity contribution in [2.75, 3.05) is 0 Å². The Kier molecular flexibility index (Phi) is 19.0. The fourth-order valence-corrected chi connectivity index (χ4v) is 2.44. The average molecular weight is 291 g/mol. The monoisotopic (exact) mass is 290 g/mol. The molecular weight excluding hydrogens is 252 g/mol. The van der Waals surface area contributed by atoms with Crippen molar-refractivity contribution in [1.82, 2.24) is 0 Å². The Hall–Kier alpha value is -0.520. The second kappa shape index (κ2) is 19.5. The van der Waals surface area contributed by atoms with Crippen LogP contribution >= 0.6 is 0 Å². The standard InChI is InChI=1S/C21H38/c1-3-5-7-9-11-13-15-17-19-21-20-18-16-14-12-10-8-6-4-2/h17-20H,3-16H2,1-2H3. The van der Waals surface area contributed by atoms with Crippen LogP contribution < -0.4 is 0 Å². The van der Waals surface area contributed by atoms with Crippen LogP contribution in [-0.4, -0.2) is 0 Å². The summed E-state index contributed by atoms with van der Waals surface area (Å²) in [5.74, 6) is 0. The largest absolute Gasteiger partial charge is 0.0876 e. The molecule has 0 fully saturated rings. The Balaban J connectivity index is 3.14.